The SMILES string of the molecule is COc1c(F)c(F)c(C(O)(c2ccc(C)cc2)C(O)(c2ccc(C)cc2)c2c(F)c(F)c(OC)c(F)c2F)c(F)c1F. The van der Waals surface area contributed by atoms with Crippen molar-refractivity contribution in [1.82, 2.24) is 0 Å². The third kappa shape index (κ3) is 4.28. The molecule has 2 atom stereocenters. The lowest BCUT2D eigenvalue weighted by Gasteiger charge is -2.45. The summed E-state index contributed by atoms with van der Waals surface area (Å²) in [5.74, 6) is -21.2. The van der Waals surface area contributed by atoms with Gasteiger partial charge >= 0.3 is 0 Å². The molecule has 0 fully saturated rings. The quantitative estimate of drug-likeness (QED) is 0.186. The van der Waals surface area contributed by atoms with E-state index in [0.717, 1.165) is 24.3 Å². The summed E-state index contributed by atoms with van der Waals surface area (Å²) in [5, 5.41) is 24.7. The lowest BCUT2D eigenvalue weighted by Crippen LogP contribution is -2.53. The molecule has 0 aliphatic carbocycles. The standard InChI is InChI=1S/C30H22F8O4/c1-13-5-9-15(10-6-13)29(39,17-19(31)23(35)27(41-3)24(36)20(17)32)30(40,16-11-7-14(2)8-12-16)18-21(33)25(37)28(42-4)26(38)22(18)34/h5-12,39-40H,1-4H3. The Morgan fingerprint density at radius 3 is 0.905 bits per heavy atom. The summed E-state index contributed by atoms with van der Waals surface area (Å²) >= 11 is 0. The molecule has 4 rings (SSSR count). The van der Waals surface area contributed by atoms with Gasteiger partial charge in [-0.05, 0) is 25.0 Å². The topological polar surface area (TPSA) is 58.9 Å². The summed E-state index contributed by atoms with van der Waals surface area (Å²) < 4.78 is 132. The summed E-state index contributed by atoms with van der Waals surface area (Å²) in [6.45, 7) is 3.08. The molecule has 0 radical (unpaired) electrons. The average molecular weight is 598 g/mol. The minimum absolute atomic E-state index is 0.465. The number of halogens is 8. The minimum Gasteiger partial charge on any atom is -0.491 e. The molecule has 0 bridgehead atoms. The molecule has 4 nitrogen and oxygen atoms in total. The maximum absolute atomic E-state index is 15.8. The van der Waals surface area contributed by atoms with Crippen molar-refractivity contribution in [3.8, 4) is 11.5 Å². The van der Waals surface area contributed by atoms with E-state index < -0.39 is 91.5 Å². The van der Waals surface area contributed by atoms with Gasteiger partial charge in [-0.3, -0.25) is 0 Å². The molecule has 0 aliphatic heterocycles. The lowest BCUT2D eigenvalue weighted by molar-refractivity contribution is -0.121. The summed E-state index contributed by atoms with van der Waals surface area (Å²) in [7, 11) is 1.37. The zero-order chi connectivity index (χ0) is 31.3. The van der Waals surface area contributed by atoms with Crippen molar-refractivity contribution in [2.45, 2.75) is 25.0 Å². The molecule has 2 unspecified atom stereocenters. The van der Waals surface area contributed by atoms with Crippen LogP contribution in [0.2, 0.25) is 0 Å². The van der Waals surface area contributed by atoms with Crippen LogP contribution in [0.15, 0.2) is 48.5 Å². The highest BCUT2D eigenvalue weighted by Gasteiger charge is 2.61. The third-order valence-electron chi connectivity index (χ3n) is 7.04. The van der Waals surface area contributed by atoms with Crippen molar-refractivity contribution >= 4 is 0 Å². The first-order chi connectivity index (χ1) is 19.7. The van der Waals surface area contributed by atoms with Gasteiger partial charge in [-0.15, -0.1) is 0 Å². The summed E-state index contributed by atoms with van der Waals surface area (Å²) in [5.41, 5.74) is -12.5. The number of ether oxygens (including phenoxy) is 2. The molecular weight excluding hydrogens is 576 g/mol. The molecule has 4 aromatic rings. The molecule has 0 saturated heterocycles. The number of aryl methyl sites for hydroxylation is 2. The van der Waals surface area contributed by atoms with Crippen molar-refractivity contribution in [1.29, 1.82) is 0 Å². The molecule has 222 valence electrons. The number of aliphatic hydroxyl groups is 2. The van der Waals surface area contributed by atoms with Crippen LogP contribution in [-0.2, 0) is 11.2 Å². The van der Waals surface area contributed by atoms with Gasteiger partial charge in [0, 0.05) is 0 Å². The average Bonchev–Trinajstić information content (AvgIpc) is 2.96. The fraction of sp³-hybridized carbons (Fsp3) is 0.200. The largest absolute Gasteiger partial charge is 0.491 e. The summed E-state index contributed by atoms with van der Waals surface area (Å²) in [6.07, 6.45) is 0. The highest BCUT2D eigenvalue weighted by Crippen LogP contribution is 2.54. The van der Waals surface area contributed by atoms with E-state index in [4.69, 9.17) is 0 Å². The van der Waals surface area contributed by atoms with Gasteiger partial charge < -0.3 is 19.7 Å². The Bertz CT molecular complexity index is 1490. The third-order valence-corrected chi connectivity index (χ3v) is 7.04. The molecule has 0 aromatic heterocycles. The fourth-order valence-corrected chi connectivity index (χ4v) is 4.87. The first kappa shape index (κ1) is 30.8. The predicted octanol–water partition coefficient (Wildman–Crippen LogP) is 6.61. The minimum atomic E-state index is -3.94. The van der Waals surface area contributed by atoms with Crippen molar-refractivity contribution < 1.29 is 54.8 Å². The Morgan fingerprint density at radius 2 is 0.690 bits per heavy atom. The molecule has 4 aromatic carbocycles. The Balaban J connectivity index is 2.35. The van der Waals surface area contributed by atoms with Gasteiger partial charge in [0.1, 0.15) is 0 Å². The molecule has 42 heavy (non-hydrogen) atoms. The molecule has 0 heterocycles. The van der Waals surface area contributed by atoms with Crippen LogP contribution >= 0.6 is 0 Å². The van der Waals surface area contributed by atoms with E-state index in [1.807, 2.05) is 0 Å². The molecule has 0 spiro atoms. The van der Waals surface area contributed by atoms with Crippen LogP contribution in [0.4, 0.5) is 35.1 Å². The Morgan fingerprint density at radius 1 is 0.452 bits per heavy atom. The Kier molecular flexibility index (Phi) is 8.00. The summed E-state index contributed by atoms with van der Waals surface area (Å²) in [4.78, 5) is 0. The van der Waals surface area contributed by atoms with Gasteiger partial charge in [-0.2, -0.15) is 17.6 Å². The van der Waals surface area contributed by atoms with Crippen molar-refractivity contribution in [3.63, 3.8) is 0 Å². The van der Waals surface area contributed by atoms with E-state index in [2.05, 4.69) is 9.47 Å². The van der Waals surface area contributed by atoms with Crippen molar-refractivity contribution in [3.05, 3.63) is 128 Å². The van der Waals surface area contributed by atoms with Crippen LogP contribution in [-0.4, -0.2) is 24.4 Å². The number of benzene rings is 4. The van der Waals surface area contributed by atoms with Gasteiger partial charge in [0.15, 0.2) is 46.0 Å². The van der Waals surface area contributed by atoms with E-state index in [-0.39, 0.29) is 0 Å². The Hall–Kier alpha value is -4.16. The van der Waals surface area contributed by atoms with E-state index in [0.29, 0.717) is 25.3 Å². The van der Waals surface area contributed by atoms with Crippen LogP contribution in [0, 0.1) is 60.4 Å². The van der Waals surface area contributed by atoms with E-state index in [1.54, 1.807) is 0 Å². The van der Waals surface area contributed by atoms with E-state index in [9.17, 15) is 10.2 Å². The maximum atomic E-state index is 15.8. The zero-order valence-electron chi connectivity index (χ0n) is 22.4. The van der Waals surface area contributed by atoms with E-state index >= 15 is 35.1 Å². The number of hydrogen-bond donors (Lipinski definition) is 2. The molecule has 0 saturated carbocycles. The van der Waals surface area contributed by atoms with Crippen LogP contribution in [0.1, 0.15) is 33.4 Å². The first-order valence-corrected chi connectivity index (χ1v) is 12.1. The van der Waals surface area contributed by atoms with Gasteiger partial charge in [0.05, 0.1) is 25.3 Å². The van der Waals surface area contributed by atoms with Gasteiger partial charge in [0.25, 0.3) is 0 Å². The maximum Gasteiger partial charge on any atom is 0.204 e. The number of hydrogen-bond acceptors (Lipinski definition) is 4. The molecule has 12 heteroatoms. The second kappa shape index (κ2) is 10.9. The second-order valence-electron chi connectivity index (χ2n) is 9.48. The van der Waals surface area contributed by atoms with Crippen LogP contribution < -0.4 is 9.47 Å². The normalized spacial score (nSPS) is 14.3. The highest BCUT2D eigenvalue weighted by molar-refractivity contribution is 5.55. The van der Waals surface area contributed by atoms with Crippen molar-refractivity contribution in [2.75, 3.05) is 14.2 Å². The molecule has 0 aliphatic rings. The van der Waals surface area contributed by atoms with Crippen molar-refractivity contribution in [2.24, 2.45) is 0 Å². The fourth-order valence-electron chi connectivity index (χ4n) is 4.87. The first-order valence-electron chi connectivity index (χ1n) is 12.1. The van der Waals surface area contributed by atoms with E-state index in [1.165, 1.54) is 38.1 Å². The molecule has 2 N–H and O–H groups in total. The highest BCUT2D eigenvalue weighted by atomic mass is 19.2. The number of rotatable bonds is 7. The van der Waals surface area contributed by atoms with Crippen LogP contribution in [0.25, 0.3) is 0 Å². The molecule has 0 amide bonds. The number of methoxy groups -OCH3 is 2. The zero-order valence-corrected chi connectivity index (χ0v) is 22.4. The smallest absolute Gasteiger partial charge is 0.204 e. The second-order valence-corrected chi connectivity index (χ2v) is 9.48. The van der Waals surface area contributed by atoms with Gasteiger partial charge in [-0.25, -0.2) is 17.6 Å². The predicted molar refractivity (Wildman–Crippen MR) is 134 cm³/mol. The van der Waals surface area contributed by atoms with Gasteiger partial charge in [0.2, 0.25) is 23.3 Å². The van der Waals surface area contributed by atoms with Crippen LogP contribution in [0.3, 0.4) is 0 Å². The monoisotopic (exact) mass is 598 g/mol. The molecular formula is C30H22F8O4. The van der Waals surface area contributed by atoms with Gasteiger partial charge in [-0.1, -0.05) is 59.7 Å². The van der Waals surface area contributed by atoms with Crippen LogP contribution in [0.5, 0.6) is 11.5 Å². The summed E-state index contributed by atoms with van der Waals surface area (Å²) in [6, 6.07) is 8.62. The Labute approximate surface area is 234 Å². The lowest BCUT2D eigenvalue weighted by atomic mass is 9.65.